The zero-order valence-corrected chi connectivity index (χ0v) is 19.0. The lowest BCUT2D eigenvalue weighted by molar-refractivity contribution is -0.131. The second-order valence-corrected chi connectivity index (χ2v) is 7.91. The van der Waals surface area contributed by atoms with Crippen LogP contribution >= 0.6 is 11.6 Å². The van der Waals surface area contributed by atoms with Crippen molar-refractivity contribution in [1.82, 2.24) is 24.9 Å². The smallest absolute Gasteiger partial charge is 0.244 e. The Morgan fingerprint density at radius 2 is 1.76 bits per heavy atom. The predicted octanol–water partition coefficient (Wildman–Crippen LogP) is 5.35. The molecule has 0 unspecified atom stereocenters. The Bertz CT molecular complexity index is 1310. The summed E-state index contributed by atoms with van der Waals surface area (Å²) in [7, 11) is 0. The van der Waals surface area contributed by atoms with E-state index in [0.717, 1.165) is 24.1 Å². The van der Waals surface area contributed by atoms with Crippen molar-refractivity contribution in [3.8, 4) is 22.5 Å². The van der Waals surface area contributed by atoms with Gasteiger partial charge in [-0.1, -0.05) is 48.9 Å². The van der Waals surface area contributed by atoms with Crippen LogP contribution in [0, 0.1) is 11.6 Å². The molecule has 6 nitrogen and oxygen atoms in total. The van der Waals surface area contributed by atoms with Crippen LogP contribution in [0.2, 0.25) is 5.02 Å². The van der Waals surface area contributed by atoms with Crippen molar-refractivity contribution in [1.29, 1.82) is 0 Å². The number of amides is 1. The molecule has 1 amide bonds. The quantitative estimate of drug-likeness (QED) is 0.366. The van der Waals surface area contributed by atoms with E-state index >= 15 is 0 Å². The first-order valence-corrected chi connectivity index (χ1v) is 11.0. The highest BCUT2D eigenvalue weighted by Crippen LogP contribution is 2.37. The summed E-state index contributed by atoms with van der Waals surface area (Å²) in [5.74, 6) is -2.11. The second-order valence-electron chi connectivity index (χ2n) is 7.54. The van der Waals surface area contributed by atoms with Gasteiger partial charge in [0.05, 0.1) is 10.4 Å². The number of aromatic nitrogens is 4. The molecule has 0 saturated heterocycles. The van der Waals surface area contributed by atoms with E-state index in [9.17, 15) is 13.6 Å². The fraction of sp³-hybridized carbons (Fsp3) is 0.250. The van der Waals surface area contributed by atoms with Gasteiger partial charge in [0.2, 0.25) is 5.91 Å². The summed E-state index contributed by atoms with van der Waals surface area (Å²) >= 11 is 6.77. The molecule has 0 fully saturated rings. The third kappa shape index (κ3) is 4.43. The van der Waals surface area contributed by atoms with Gasteiger partial charge in [-0.05, 0) is 31.5 Å². The summed E-state index contributed by atoms with van der Waals surface area (Å²) in [6, 6.07) is 12.8. The molecule has 0 atom stereocenters. The highest BCUT2D eigenvalue weighted by molar-refractivity contribution is 6.38. The Labute approximate surface area is 194 Å². The first kappa shape index (κ1) is 22.8. The second kappa shape index (κ2) is 9.62. The van der Waals surface area contributed by atoms with Crippen molar-refractivity contribution in [2.45, 2.75) is 26.8 Å². The van der Waals surface area contributed by atoms with Crippen LogP contribution in [0.4, 0.5) is 8.78 Å². The maximum absolute atomic E-state index is 14.0. The average Bonchev–Trinajstić information content (AvgIpc) is 3.19. The Kier molecular flexibility index (Phi) is 6.65. The molecule has 0 saturated carbocycles. The first-order valence-electron chi connectivity index (χ1n) is 10.7. The fourth-order valence-electron chi connectivity index (χ4n) is 3.71. The van der Waals surface area contributed by atoms with Crippen LogP contribution in [-0.4, -0.2) is 43.9 Å². The van der Waals surface area contributed by atoms with Crippen LogP contribution in [0.15, 0.2) is 48.5 Å². The van der Waals surface area contributed by atoms with Gasteiger partial charge in [0, 0.05) is 24.2 Å². The summed E-state index contributed by atoms with van der Waals surface area (Å²) in [6.07, 6.45) is 0.825. The van der Waals surface area contributed by atoms with Crippen molar-refractivity contribution in [3.05, 3.63) is 65.2 Å². The predicted molar refractivity (Wildman–Crippen MR) is 124 cm³/mol. The maximum Gasteiger partial charge on any atom is 0.244 e. The normalized spacial score (nSPS) is 11.2. The van der Waals surface area contributed by atoms with Crippen molar-refractivity contribution in [2.24, 2.45) is 0 Å². The van der Waals surface area contributed by atoms with E-state index in [2.05, 4.69) is 15.3 Å². The molecule has 0 aliphatic carbocycles. The largest absolute Gasteiger partial charge is 0.341 e. The molecule has 2 aromatic heterocycles. The highest BCUT2D eigenvalue weighted by atomic mass is 35.5. The Morgan fingerprint density at radius 1 is 1.00 bits per heavy atom. The van der Waals surface area contributed by atoms with Crippen LogP contribution in [0.5, 0.6) is 0 Å². The third-order valence-electron chi connectivity index (χ3n) is 5.35. The SMILES string of the molecule is CCCN(CC)C(=O)Cn1nc(-c2ccc(F)c(F)c2)c2c(Cl)c(-c3ccccc3)nnc21. The van der Waals surface area contributed by atoms with E-state index in [1.54, 1.807) is 4.90 Å². The lowest BCUT2D eigenvalue weighted by Crippen LogP contribution is -2.34. The highest BCUT2D eigenvalue weighted by Gasteiger charge is 2.23. The number of nitrogens with zero attached hydrogens (tertiary/aromatic N) is 5. The van der Waals surface area contributed by atoms with Gasteiger partial charge < -0.3 is 4.90 Å². The van der Waals surface area contributed by atoms with Crippen molar-refractivity contribution in [2.75, 3.05) is 13.1 Å². The lowest BCUT2D eigenvalue weighted by Gasteiger charge is -2.19. The van der Waals surface area contributed by atoms with Crippen LogP contribution in [-0.2, 0) is 11.3 Å². The van der Waals surface area contributed by atoms with Gasteiger partial charge in [0.1, 0.15) is 17.9 Å². The molecule has 2 aromatic carbocycles. The first-order chi connectivity index (χ1) is 15.9. The summed E-state index contributed by atoms with van der Waals surface area (Å²) in [6.45, 7) is 5.01. The van der Waals surface area contributed by atoms with Crippen molar-refractivity contribution < 1.29 is 13.6 Å². The van der Waals surface area contributed by atoms with Crippen LogP contribution in [0.3, 0.4) is 0 Å². The molecule has 0 N–H and O–H groups in total. The fourth-order valence-corrected chi connectivity index (χ4v) is 4.03. The van der Waals surface area contributed by atoms with Gasteiger partial charge in [-0.3, -0.25) is 4.79 Å². The molecule has 4 rings (SSSR count). The molecule has 0 radical (unpaired) electrons. The number of carbonyl (C=O) groups is 1. The van der Waals surface area contributed by atoms with Crippen LogP contribution in [0.1, 0.15) is 20.3 Å². The Hall–Kier alpha value is -3.39. The number of carbonyl (C=O) groups excluding carboxylic acids is 1. The molecule has 9 heteroatoms. The number of benzene rings is 2. The minimum absolute atomic E-state index is 0.0797. The van der Waals surface area contributed by atoms with Gasteiger partial charge >= 0.3 is 0 Å². The van der Waals surface area contributed by atoms with E-state index in [1.165, 1.54) is 10.7 Å². The number of rotatable bonds is 7. The molecule has 0 aliphatic rings. The van der Waals surface area contributed by atoms with E-state index in [4.69, 9.17) is 11.6 Å². The topological polar surface area (TPSA) is 63.9 Å². The zero-order valence-electron chi connectivity index (χ0n) is 18.2. The van der Waals surface area contributed by atoms with E-state index < -0.39 is 11.6 Å². The number of hydrogen-bond donors (Lipinski definition) is 0. The molecule has 4 aromatic rings. The van der Waals surface area contributed by atoms with Gasteiger partial charge in [0.25, 0.3) is 0 Å². The summed E-state index contributed by atoms with van der Waals surface area (Å²) in [4.78, 5) is 14.6. The Morgan fingerprint density at radius 3 is 2.42 bits per heavy atom. The molecule has 33 heavy (non-hydrogen) atoms. The van der Waals surface area contributed by atoms with Crippen LogP contribution in [0.25, 0.3) is 33.5 Å². The number of hydrogen-bond acceptors (Lipinski definition) is 4. The zero-order chi connectivity index (χ0) is 23.5. The van der Waals surface area contributed by atoms with Gasteiger partial charge in [-0.15, -0.1) is 10.2 Å². The maximum atomic E-state index is 14.0. The standard InChI is InChI=1S/C24H22ClF2N5O/c1-3-12-31(4-2)19(33)14-32-24-20(22(30-32)16-10-11-17(26)18(27)13-16)21(25)23(28-29-24)15-8-6-5-7-9-15/h5-11,13H,3-4,12,14H2,1-2H3. The number of likely N-dealkylation sites (N-methyl/N-ethyl adjacent to an activating group) is 1. The average molecular weight is 470 g/mol. The monoisotopic (exact) mass is 469 g/mol. The third-order valence-corrected chi connectivity index (χ3v) is 5.72. The van der Waals surface area contributed by atoms with E-state index in [-0.39, 0.29) is 17.5 Å². The van der Waals surface area contributed by atoms with Gasteiger partial charge in [0.15, 0.2) is 17.3 Å². The summed E-state index contributed by atoms with van der Waals surface area (Å²) in [5.41, 5.74) is 2.09. The molecule has 0 spiro atoms. The number of halogens is 3. The molecule has 0 bridgehead atoms. The molecule has 0 aliphatic heterocycles. The molecule has 2 heterocycles. The van der Waals surface area contributed by atoms with Crippen molar-refractivity contribution >= 4 is 28.5 Å². The van der Waals surface area contributed by atoms with Crippen LogP contribution < -0.4 is 0 Å². The molecular formula is C24H22ClF2N5O. The van der Waals surface area contributed by atoms with Gasteiger partial charge in [-0.2, -0.15) is 5.10 Å². The molecular weight excluding hydrogens is 448 g/mol. The van der Waals surface area contributed by atoms with Crippen molar-refractivity contribution in [3.63, 3.8) is 0 Å². The summed E-state index contributed by atoms with van der Waals surface area (Å²) in [5, 5.41) is 13.8. The minimum atomic E-state index is -1.01. The van der Waals surface area contributed by atoms with E-state index in [0.29, 0.717) is 41.1 Å². The lowest BCUT2D eigenvalue weighted by atomic mass is 10.1. The summed E-state index contributed by atoms with van der Waals surface area (Å²) < 4.78 is 29.0. The van der Waals surface area contributed by atoms with E-state index in [1.807, 2.05) is 44.2 Å². The Balaban J connectivity index is 1.90. The van der Waals surface area contributed by atoms with Gasteiger partial charge in [-0.25, -0.2) is 13.5 Å². The number of fused-ring (bicyclic) bond motifs is 1. The minimum Gasteiger partial charge on any atom is -0.341 e. The molecule has 170 valence electrons.